The molecular formula is C34H25ClN2O4. The molecule has 1 N–H and O–H groups in total. The monoisotopic (exact) mass is 560 g/mol. The van der Waals surface area contributed by atoms with Crippen molar-refractivity contribution in [2.24, 2.45) is 5.92 Å². The Bertz CT molecular complexity index is 1780. The van der Waals surface area contributed by atoms with Gasteiger partial charge in [0.15, 0.2) is 11.6 Å². The number of hydrogen-bond acceptors (Lipinski definition) is 5. The number of rotatable bonds is 5. The zero-order chi connectivity index (χ0) is 28.3. The third-order valence-electron chi connectivity index (χ3n) is 8.62. The minimum absolute atomic E-state index is 0.271. The smallest absolute Gasteiger partial charge is 0.238 e. The van der Waals surface area contributed by atoms with Gasteiger partial charge < -0.3 is 15.0 Å². The lowest BCUT2D eigenvalue weighted by Gasteiger charge is -2.38. The molecule has 1 saturated heterocycles. The van der Waals surface area contributed by atoms with Crippen molar-refractivity contribution >= 4 is 40.8 Å². The molecule has 1 fully saturated rings. The van der Waals surface area contributed by atoms with Crippen LogP contribution in [-0.2, 0) is 10.2 Å². The Labute approximate surface area is 242 Å². The van der Waals surface area contributed by atoms with Crippen LogP contribution in [0.2, 0.25) is 5.02 Å². The molecule has 4 atom stereocenters. The summed E-state index contributed by atoms with van der Waals surface area (Å²) in [6.45, 7) is 0. The summed E-state index contributed by atoms with van der Waals surface area (Å²) >= 11 is 6.60. The zero-order valence-corrected chi connectivity index (χ0v) is 22.8. The van der Waals surface area contributed by atoms with Gasteiger partial charge in [-0.25, -0.2) is 0 Å². The molecule has 41 heavy (non-hydrogen) atoms. The first kappa shape index (κ1) is 25.3. The van der Waals surface area contributed by atoms with Gasteiger partial charge in [0, 0.05) is 23.0 Å². The molecule has 4 aromatic rings. The summed E-state index contributed by atoms with van der Waals surface area (Å²) in [5.41, 5.74) is 2.39. The maximum absolute atomic E-state index is 14.8. The number of amides is 1. The summed E-state index contributed by atoms with van der Waals surface area (Å²) in [7, 11) is 1.54. The van der Waals surface area contributed by atoms with Crippen molar-refractivity contribution in [2.75, 3.05) is 12.4 Å². The largest absolute Gasteiger partial charge is 0.497 e. The van der Waals surface area contributed by atoms with Gasteiger partial charge in [0.25, 0.3) is 0 Å². The molecule has 3 aliphatic rings. The number of benzene rings is 4. The van der Waals surface area contributed by atoms with Gasteiger partial charge in [-0.1, -0.05) is 78.3 Å². The lowest BCUT2D eigenvalue weighted by Crippen LogP contribution is -2.49. The summed E-state index contributed by atoms with van der Waals surface area (Å²) in [6.07, 6.45) is 3.79. The molecule has 0 aliphatic carbocycles. The standard InChI is InChI=1S/C34H25ClN2O4/c1-41-22-11-8-10-21(19-22)30(38)29-28(31(39)24-13-4-6-15-26(24)35)34(25-14-5-7-16-27(25)36-33(34)40)32-23-12-3-2-9-20(23)17-18-37(29)32/h2-19,28-29,32H,1H3,(H,36,40)/t28-,29+,32+,34-/m0/s1. The van der Waals surface area contributed by atoms with Crippen molar-refractivity contribution < 1.29 is 19.1 Å². The molecule has 0 aromatic heterocycles. The van der Waals surface area contributed by atoms with Crippen LogP contribution in [0.3, 0.4) is 0 Å². The quantitative estimate of drug-likeness (QED) is 0.289. The van der Waals surface area contributed by atoms with E-state index < -0.39 is 23.4 Å². The summed E-state index contributed by atoms with van der Waals surface area (Å²) in [5, 5.41) is 3.33. The van der Waals surface area contributed by atoms with Gasteiger partial charge in [-0.2, -0.15) is 0 Å². The van der Waals surface area contributed by atoms with Gasteiger partial charge in [-0.05, 0) is 53.1 Å². The van der Waals surface area contributed by atoms with Gasteiger partial charge in [-0.3, -0.25) is 14.4 Å². The number of hydrogen-bond donors (Lipinski definition) is 1. The van der Waals surface area contributed by atoms with Crippen LogP contribution in [-0.4, -0.2) is 35.5 Å². The Kier molecular flexibility index (Phi) is 5.84. The third kappa shape index (κ3) is 3.54. The Morgan fingerprint density at radius 3 is 2.49 bits per heavy atom. The number of carbonyl (C=O) groups excluding carboxylic acids is 3. The van der Waals surface area contributed by atoms with Crippen molar-refractivity contribution in [2.45, 2.75) is 17.5 Å². The molecule has 6 nitrogen and oxygen atoms in total. The Hall–Kier alpha value is -4.68. The molecule has 3 heterocycles. The van der Waals surface area contributed by atoms with Crippen molar-refractivity contribution in [1.82, 2.24) is 4.90 Å². The highest BCUT2D eigenvalue weighted by Crippen LogP contribution is 2.62. The molecule has 1 spiro atoms. The van der Waals surface area contributed by atoms with Gasteiger partial charge >= 0.3 is 0 Å². The molecule has 1 amide bonds. The molecule has 3 aliphatic heterocycles. The molecule has 7 rings (SSSR count). The second-order valence-electron chi connectivity index (χ2n) is 10.5. The number of anilines is 1. The highest BCUT2D eigenvalue weighted by molar-refractivity contribution is 6.34. The Morgan fingerprint density at radius 2 is 1.66 bits per heavy atom. The molecular weight excluding hydrogens is 536 g/mol. The van der Waals surface area contributed by atoms with Crippen LogP contribution in [0.5, 0.6) is 5.75 Å². The first-order valence-electron chi connectivity index (χ1n) is 13.4. The maximum Gasteiger partial charge on any atom is 0.238 e. The minimum atomic E-state index is -1.41. The highest BCUT2D eigenvalue weighted by atomic mass is 35.5. The van der Waals surface area contributed by atoms with Crippen LogP contribution in [0.4, 0.5) is 5.69 Å². The number of para-hydroxylation sites is 1. The number of carbonyl (C=O) groups is 3. The second-order valence-corrected chi connectivity index (χ2v) is 10.9. The fourth-order valence-electron chi connectivity index (χ4n) is 6.94. The SMILES string of the molecule is COc1cccc(C(=O)[C@H]2[C@@H](C(=O)c3ccccc3Cl)[C@]3(C(=O)Nc4ccccc43)[C@H]3c4ccccc4C=CN23)c1. The van der Waals surface area contributed by atoms with Crippen LogP contribution in [0.1, 0.15) is 43.4 Å². The van der Waals surface area contributed by atoms with Gasteiger partial charge in [0.05, 0.1) is 24.1 Å². The molecule has 0 bridgehead atoms. The van der Waals surface area contributed by atoms with E-state index in [0.29, 0.717) is 22.6 Å². The van der Waals surface area contributed by atoms with E-state index in [0.717, 1.165) is 11.1 Å². The van der Waals surface area contributed by atoms with E-state index in [9.17, 15) is 14.4 Å². The number of ketones is 2. The van der Waals surface area contributed by atoms with E-state index >= 15 is 0 Å². The Balaban J connectivity index is 1.54. The van der Waals surface area contributed by atoms with E-state index in [4.69, 9.17) is 16.3 Å². The van der Waals surface area contributed by atoms with E-state index in [1.807, 2.05) is 65.7 Å². The lowest BCUT2D eigenvalue weighted by atomic mass is 9.62. The van der Waals surface area contributed by atoms with E-state index in [-0.39, 0.29) is 28.1 Å². The van der Waals surface area contributed by atoms with Gasteiger partial charge in [0.2, 0.25) is 5.91 Å². The van der Waals surface area contributed by atoms with E-state index in [1.165, 1.54) is 7.11 Å². The van der Waals surface area contributed by atoms with Crippen molar-refractivity contribution in [3.8, 4) is 5.75 Å². The number of nitrogens with one attached hydrogen (secondary N) is 1. The van der Waals surface area contributed by atoms with Crippen LogP contribution in [0, 0.1) is 5.92 Å². The van der Waals surface area contributed by atoms with Gasteiger partial charge in [0.1, 0.15) is 17.2 Å². The third-order valence-corrected chi connectivity index (χ3v) is 8.94. The molecule has 0 radical (unpaired) electrons. The summed E-state index contributed by atoms with van der Waals surface area (Å²) in [4.78, 5) is 45.8. The number of nitrogens with zero attached hydrogens (tertiary/aromatic N) is 1. The number of Topliss-reactive ketones (excluding diaryl/α,β-unsaturated/α-hetero) is 2. The molecule has 0 unspecified atom stereocenters. The highest BCUT2D eigenvalue weighted by Gasteiger charge is 2.70. The normalized spacial score (nSPS) is 23.5. The predicted molar refractivity (Wildman–Crippen MR) is 157 cm³/mol. The molecule has 7 heteroatoms. The first-order valence-corrected chi connectivity index (χ1v) is 13.8. The zero-order valence-electron chi connectivity index (χ0n) is 22.1. The molecule has 4 aromatic carbocycles. The molecule has 202 valence electrons. The van der Waals surface area contributed by atoms with Crippen molar-refractivity contribution in [3.63, 3.8) is 0 Å². The predicted octanol–water partition coefficient (Wildman–Crippen LogP) is 6.33. The number of fused-ring (bicyclic) bond motifs is 6. The van der Waals surface area contributed by atoms with Gasteiger partial charge in [-0.15, -0.1) is 0 Å². The number of ether oxygens (including phenoxy) is 1. The average molecular weight is 561 g/mol. The van der Waals surface area contributed by atoms with Crippen LogP contribution < -0.4 is 10.1 Å². The van der Waals surface area contributed by atoms with Crippen LogP contribution in [0.25, 0.3) is 6.08 Å². The summed E-state index contributed by atoms with van der Waals surface area (Å²) < 4.78 is 5.41. The fraction of sp³-hybridized carbons (Fsp3) is 0.147. The van der Waals surface area contributed by atoms with Crippen molar-refractivity contribution in [1.29, 1.82) is 0 Å². The topological polar surface area (TPSA) is 75.7 Å². The molecule has 0 saturated carbocycles. The minimum Gasteiger partial charge on any atom is -0.497 e. The van der Waals surface area contributed by atoms with Crippen LogP contribution >= 0.6 is 11.6 Å². The average Bonchev–Trinajstić information content (AvgIpc) is 3.49. The van der Waals surface area contributed by atoms with E-state index in [1.54, 1.807) is 48.5 Å². The first-order chi connectivity index (χ1) is 20.0. The number of halogens is 1. The van der Waals surface area contributed by atoms with Crippen LogP contribution in [0.15, 0.2) is 103 Å². The number of methoxy groups -OCH3 is 1. The fourth-order valence-corrected chi connectivity index (χ4v) is 7.17. The van der Waals surface area contributed by atoms with Crippen molar-refractivity contribution in [3.05, 3.63) is 136 Å². The Morgan fingerprint density at radius 1 is 0.902 bits per heavy atom. The summed E-state index contributed by atoms with van der Waals surface area (Å²) in [6, 6.07) is 27.3. The second kappa shape index (κ2) is 9.46. The maximum atomic E-state index is 14.8. The summed E-state index contributed by atoms with van der Waals surface area (Å²) in [5.74, 6) is -1.52. The lowest BCUT2D eigenvalue weighted by molar-refractivity contribution is -0.122. The van der Waals surface area contributed by atoms with E-state index in [2.05, 4.69) is 5.32 Å².